The highest BCUT2D eigenvalue weighted by molar-refractivity contribution is 6.28. The first-order valence-corrected chi connectivity index (χ1v) is 9.80. The van der Waals surface area contributed by atoms with Gasteiger partial charge in [-0.25, -0.2) is 14.4 Å². The number of rotatable bonds is 5. The van der Waals surface area contributed by atoms with Crippen molar-refractivity contribution in [2.75, 3.05) is 26.0 Å². The van der Waals surface area contributed by atoms with Crippen molar-refractivity contribution in [1.82, 2.24) is 14.9 Å². The molecule has 0 amide bonds. The van der Waals surface area contributed by atoms with Crippen molar-refractivity contribution < 1.29 is 9.13 Å². The molecule has 150 valence electrons. The number of hydrogen-bond acceptors (Lipinski definition) is 5. The molecule has 0 spiro atoms. The van der Waals surface area contributed by atoms with Gasteiger partial charge in [0.15, 0.2) is 0 Å². The van der Waals surface area contributed by atoms with Crippen LogP contribution >= 0.6 is 11.6 Å². The Labute approximate surface area is 174 Å². The molecule has 1 aliphatic rings. The molecule has 0 radical (unpaired) electrons. The van der Waals surface area contributed by atoms with Crippen LogP contribution in [0.1, 0.15) is 28.3 Å². The first-order valence-electron chi connectivity index (χ1n) is 9.42. The Morgan fingerprint density at radius 1 is 1.14 bits per heavy atom. The fourth-order valence-corrected chi connectivity index (χ4v) is 4.00. The monoisotopic (exact) mass is 412 g/mol. The second-order valence-corrected chi connectivity index (χ2v) is 7.41. The van der Waals surface area contributed by atoms with Gasteiger partial charge in [0.05, 0.1) is 12.8 Å². The highest BCUT2D eigenvalue weighted by Gasteiger charge is 2.31. The van der Waals surface area contributed by atoms with E-state index in [2.05, 4.69) is 32.3 Å². The van der Waals surface area contributed by atoms with Gasteiger partial charge >= 0.3 is 0 Å². The predicted molar refractivity (Wildman–Crippen MR) is 112 cm³/mol. The smallest absolute Gasteiger partial charge is 0.224 e. The molecule has 0 saturated heterocycles. The predicted octanol–water partition coefficient (Wildman–Crippen LogP) is 4.47. The SMILES string of the molecule is CNc1nc(Cl)nc2c1CN(Cc1ccc(OC)cc1)CC2c1ccc(F)cc1. The van der Waals surface area contributed by atoms with E-state index in [4.69, 9.17) is 16.3 Å². The van der Waals surface area contributed by atoms with Crippen molar-refractivity contribution in [3.8, 4) is 5.75 Å². The maximum absolute atomic E-state index is 13.5. The third-order valence-corrected chi connectivity index (χ3v) is 5.41. The lowest BCUT2D eigenvalue weighted by Crippen LogP contribution is -2.35. The maximum Gasteiger partial charge on any atom is 0.224 e. The van der Waals surface area contributed by atoms with Crippen LogP contribution in [-0.4, -0.2) is 35.6 Å². The minimum absolute atomic E-state index is 0.0230. The van der Waals surface area contributed by atoms with E-state index < -0.39 is 0 Å². The van der Waals surface area contributed by atoms with Gasteiger partial charge in [0, 0.05) is 38.2 Å². The summed E-state index contributed by atoms with van der Waals surface area (Å²) in [6, 6.07) is 14.7. The Morgan fingerprint density at radius 2 is 1.86 bits per heavy atom. The van der Waals surface area contributed by atoms with E-state index in [9.17, 15) is 4.39 Å². The zero-order valence-electron chi connectivity index (χ0n) is 16.3. The summed E-state index contributed by atoms with van der Waals surface area (Å²) in [6.45, 7) is 2.22. The minimum atomic E-state index is -0.253. The lowest BCUT2D eigenvalue weighted by atomic mass is 9.88. The van der Waals surface area contributed by atoms with Crippen molar-refractivity contribution >= 4 is 17.4 Å². The second-order valence-electron chi connectivity index (χ2n) is 7.08. The fraction of sp³-hybridized carbons (Fsp3) is 0.273. The summed E-state index contributed by atoms with van der Waals surface area (Å²) in [6.07, 6.45) is 0. The van der Waals surface area contributed by atoms with E-state index >= 15 is 0 Å². The van der Waals surface area contributed by atoms with Crippen molar-refractivity contribution in [3.63, 3.8) is 0 Å². The fourth-order valence-electron chi connectivity index (χ4n) is 3.82. The number of aromatic nitrogens is 2. The summed E-state index contributed by atoms with van der Waals surface area (Å²) in [7, 11) is 3.49. The summed E-state index contributed by atoms with van der Waals surface area (Å²) in [5, 5.41) is 3.35. The average molecular weight is 413 g/mol. The Balaban J connectivity index is 1.70. The van der Waals surface area contributed by atoms with Crippen LogP contribution in [0.4, 0.5) is 10.2 Å². The van der Waals surface area contributed by atoms with Crippen LogP contribution < -0.4 is 10.1 Å². The lowest BCUT2D eigenvalue weighted by molar-refractivity contribution is 0.229. The Kier molecular flexibility index (Phi) is 5.65. The van der Waals surface area contributed by atoms with Crippen molar-refractivity contribution in [3.05, 3.63) is 82.0 Å². The average Bonchev–Trinajstić information content (AvgIpc) is 2.74. The second kappa shape index (κ2) is 8.35. The molecule has 1 aromatic heterocycles. The molecule has 0 fully saturated rings. The van der Waals surface area contributed by atoms with Gasteiger partial charge in [-0.3, -0.25) is 4.90 Å². The molecule has 1 unspecified atom stereocenters. The van der Waals surface area contributed by atoms with Gasteiger partial charge in [-0.05, 0) is 47.0 Å². The number of halogens is 2. The van der Waals surface area contributed by atoms with Crippen LogP contribution in [0.2, 0.25) is 5.28 Å². The molecular weight excluding hydrogens is 391 g/mol. The zero-order valence-corrected chi connectivity index (χ0v) is 17.1. The van der Waals surface area contributed by atoms with Crippen molar-refractivity contribution in [1.29, 1.82) is 0 Å². The summed E-state index contributed by atoms with van der Waals surface area (Å²) < 4.78 is 18.7. The summed E-state index contributed by atoms with van der Waals surface area (Å²) in [4.78, 5) is 11.2. The molecule has 2 heterocycles. The summed E-state index contributed by atoms with van der Waals surface area (Å²) in [5.74, 6) is 1.29. The van der Waals surface area contributed by atoms with Crippen molar-refractivity contribution in [2.45, 2.75) is 19.0 Å². The van der Waals surface area contributed by atoms with E-state index in [0.717, 1.165) is 41.5 Å². The Hall–Kier alpha value is -2.70. The zero-order chi connectivity index (χ0) is 20.4. The molecule has 2 aromatic carbocycles. The number of nitrogens with zero attached hydrogens (tertiary/aromatic N) is 3. The van der Waals surface area contributed by atoms with Crippen LogP contribution in [0.5, 0.6) is 5.75 Å². The number of fused-ring (bicyclic) bond motifs is 1. The molecule has 1 N–H and O–H groups in total. The van der Waals surface area contributed by atoms with E-state index in [-0.39, 0.29) is 17.0 Å². The molecule has 0 aliphatic carbocycles. The number of ether oxygens (including phenoxy) is 1. The number of hydrogen-bond donors (Lipinski definition) is 1. The molecule has 0 saturated carbocycles. The summed E-state index contributed by atoms with van der Waals surface area (Å²) >= 11 is 6.19. The van der Waals surface area contributed by atoms with Crippen molar-refractivity contribution in [2.24, 2.45) is 0 Å². The third kappa shape index (κ3) is 4.18. The molecule has 4 rings (SSSR count). The molecule has 0 bridgehead atoms. The topological polar surface area (TPSA) is 50.3 Å². The molecule has 29 heavy (non-hydrogen) atoms. The molecule has 7 heteroatoms. The molecule has 3 aromatic rings. The number of nitrogens with one attached hydrogen (secondary N) is 1. The van der Waals surface area contributed by atoms with E-state index in [1.54, 1.807) is 7.11 Å². The molecule has 1 aliphatic heterocycles. The van der Waals surface area contributed by atoms with E-state index in [1.807, 2.05) is 31.3 Å². The van der Waals surface area contributed by atoms with Crippen LogP contribution in [0.3, 0.4) is 0 Å². The summed E-state index contributed by atoms with van der Waals surface area (Å²) in [5.41, 5.74) is 4.11. The Bertz CT molecular complexity index is 995. The van der Waals surface area contributed by atoms with Gasteiger partial charge in [-0.1, -0.05) is 24.3 Å². The highest BCUT2D eigenvalue weighted by atomic mass is 35.5. The third-order valence-electron chi connectivity index (χ3n) is 5.24. The van der Waals surface area contributed by atoms with Crippen LogP contribution in [0.15, 0.2) is 48.5 Å². The largest absolute Gasteiger partial charge is 0.497 e. The first-order chi connectivity index (χ1) is 14.1. The Morgan fingerprint density at radius 3 is 2.52 bits per heavy atom. The standard InChI is InChI=1S/C22H22ClFN4O/c1-25-21-19-13-28(11-14-3-9-17(29-2)10-4-14)12-18(20(19)26-22(23)27-21)15-5-7-16(24)8-6-15/h3-10,18H,11-13H2,1-2H3,(H,25,26,27). The number of anilines is 1. The van der Waals surface area contributed by atoms with Gasteiger partial charge < -0.3 is 10.1 Å². The van der Waals surface area contributed by atoms with Gasteiger partial charge in [0.25, 0.3) is 0 Å². The van der Waals surface area contributed by atoms with Gasteiger partial charge in [0.2, 0.25) is 5.28 Å². The van der Waals surface area contributed by atoms with Gasteiger partial charge in [0.1, 0.15) is 17.4 Å². The normalized spacial score (nSPS) is 16.3. The van der Waals surface area contributed by atoms with E-state index in [1.165, 1.54) is 17.7 Å². The van der Waals surface area contributed by atoms with Crippen LogP contribution in [0.25, 0.3) is 0 Å². The quantitative estimate of drug-likeness (QED) is 0.627. The minimum Gasteiger partial charge on any atom is -0.497 e. The number of methoxy groups -OCH3 is 1. The molecular formula is C22H22ClFN4O. The van der Waals surface area contributed by atoms with Crippen LogP contribution in [-0.2, 0) is 13.1 Å². The molecule has 1 atom stereocenters. The first kappa shape index (κ1) is 19.6. The van der Waals surface area contributed by atoms with E-state index in [0.29, 0.717) is 6.54 Å². The van der Waals surface area contributed by atoms with Gasteiger partial charge in [-0.2, -0.15) is 0 Å². The lowest BCUT2D eigenvalue weighted by Gasteiger charge is -2.35. The van der Waals surface area contributed by atoms with Gasteiger partial charge in [-0.15, -0.1) is 0 Å². The number of benzene rings is 2. The highest BCUT2D eigenvalue weighted by Crippen LogP contribution is 2.36. The molecule has 5 nitrogen and oxygen atoms in total. The van der Waals surface area contributed by atoms with Crippen LogP contribution in [0, 0.1) is 5.82 Å². The maximum atomic E-state index is 13.5.